The molecule has 96 valence electrons. The molecule has 2 rings (SSSR count). The Morgan fingerprint density at radius 1 is 1.33 bits per heavy atom. The Labute approximate surface area is 107 Å². The van der Waals surface area contributed by atoms with E-state index < -0.39 is 0 Å². The van der Waals surface area contributed by atoms with Crippen LogP contribution in [-0.2, 0) is 6.54 Å². The average Bonchev–Trinajstić information content (AvgIpc) is 2.84. The minimum atomic E-state index is -0.195. The van der Waals surface area contributed by atoms with Crippen LogP contribution in [0.5, 0.6) is 0 Å². The molecule has 1 heterocycles. The third kappa shape index (κ3) is 2.96. The summed E-state index contributed by atoms with van der Waals surface area (Å²) in [6.07, 6.45) is 3.51. The van der Waals surface area contributed by atoms with E-state index >= 15 is 0 Å². The third-order valence-electron chi connectivity index (χ3n) is 2.70. The predicted octanol–water partition coefficient (Wildman–Crippen LogP) is 2.76. The van der Waals surface area contributed by atoms with Crippen molar-refractivity contribution in [3.05, 3.63) is 48.0 Å². The van der Waals surface area contributed by atoms with Crippen LogP contribution in [0.3, 0.4) is 0 Å². The van der Waals surface area contributed by atoms with Gasteiger partial charge in [0.25, 0.3) is 0 Å². The summed E-state index contributed by atoms with van der Waals surface area (Å²) in [6, 6.07) is 6.90. The first-order chi connectivity index (χ1) is 8.68. The van der Waals surface area contributed by atoms with Crippen LogP contribution in [0.1, 0.15) is 19.4 Å². The largest absolute Gasteiger partial charge is 0.312 e. The first-order valence-electron chi connectivity index (χ1n) is 6.16. The maximum Gasteiger partial charge on any atom is 0.129 e. The monoisotopic (exact) mass is 247 g/mol. The summed E-state index contributed by atoms with van der Waals surface area (Å²) >= 11 is 0. The lowest BCUT2D eigenvalue weighted by molar-refractivity contribution is 0.533. The van der Waals surface area contributed by atoms with Gasteiger partial charge in [-0.05, 0) is 30.7 Å². The predicted molar refractivity (Wildman–Crippen MR) is 70.1 cm³/mol. The van der Waals surface area contributed by atoms with Gasteiger partial charge in [-0.3, -0.25) is 0 Å². The van der Waals surface area contributed by atoms with E-state index in [0.29, 0.717) is 18.0 Å². The van der Waals surface area contributed by atoms with Gasteiger partial charge in [-0.25, -0.2) is 9.07 Å². The van der Waals surface area contributed by atoms with Crippen molar-refractivity contribution >= 4 is 0 Å². The molecule has 1 aromatic heterocycles. The average molecular weight is 247 g/mol. The first kappa shape index (κ1) is 12.8. The second kappa shape index (κ2) is 5.78. The van der Waals surface area contributed by atoms with E-state index in [4.69, 9.17) is 0 Å². The summed E-state index contributed by atoms with van der Waals surface area (Å²) in [5.41, 5.74) is 1.44. The van der Waals surface area contributed by atoms with Crippen molar-refractivity contribution in [2.45, 2.75) is 20.4 Å². The molecule has 18 heavy (non-hydrogen) atoms. The van der Waals surface area contributed by atoms with Gasteiger partial charge in [-0.15, -0.1) is 0 Å². The topological polar surface area (TPSA) is 29.9 Å². The molecule has 0 radical (unpaired) electrons. The van der Waals surface area contributed by atoms with Crippen molar-refractivity contribution in [3.8, 4) is 5.69 Å². The summed E-state index contributed by atoms with van der Waals surface area (Å²) in [5, 5.41) is 7.42. The van der Waals surface area contributed by atoms with Crippen molar-refractivity contribution in [2.24, 2.45) is 5.92 Å². The molecular formula is C14H18FN3. The molecule has 0 aliphatic carbocycles. The minimum Gasteiger partial charge on any atom is -0.312 e. The van der Waals surface area contributed by atoms with Crippen molar-refractivity contribution in [1.82, 2.24) is 15.1 Å². The highest BCUT2D eigenvalue weighted by molar-refractivity contribution is 5.41. The highest BCUT2D eigenvalue weighted by atomic mass is 19.1. The fourth-order valence-corrected chi connectivity index (χ4v) is 1.83. The maximum absolute atomic E-state index is 13.9. The normalized spacial score (nSPS) is 11.1. The van der Waals surface area contributed by atoms with E-state index in [1.807, 2.05) is 18.3 Å². The summed E-state index contributed by atoms with van der Waals surface area (Å²) in [4.78, 5) is 0. The molecule has 1 aromatic carbocycles. The molecule has 0 unspecified atom stereocenters. The lowest BCUT2D eigenvalue weighted by Gasteiger charge is -2.12. The van der Waals surface area contributed by atoms with E-state index in [0.717, 1.165) is 12.2 Å². The second-order valence-electron chi connectivity index (χ2n) is 4.71. The van der Waals surface area contributed by atoms with Gasteiger partial charge >= 0.3 is 0 Å². The molecule has 1 N–H and O–H groups in total. The van der Waals surface area contributed by atoms with Crippen molar-refractivity contribution in [3.63, 3.8) is 0 Å². The summed E-state index contributed by atoms with van der Waals surface area (Å²) in [5.74, 6) is 0.351. The lowest BCUT2D eigenvalue weighted by atomic mass is 10.1. The van der Waals surface area contributed by atoms with Crippen LogP contribution in [0.2, 0.25) is 0 Å². The summed E-state index contributed by atoms with van der Waals surface area (Å²) in [7, 11) is 0. The quantitative estimate of drug-likeness (QED) is 0.880. The maximum atomic E-state index is 13.9. The van der Waals surface area contributed by atoms with Crippen molar-refractivity contribution < 1.29 is 4.39 Å². The lowest BCUT2D eigenvalue weighted by Crippen LogP contribution is -2.21. The van der Waals surface area contributed by atoms with E-state index in [9.17, 15) is 4.39 Å². The number of nitrogens with zero attached hydrogens (tertiary/aromatic N) is 2. The smallest absolute Gasteiger partial charge is 0.129 e. The van der Waals surface area contributed by atoms with Crippen LogP contribution >= 0.6 is 0 Å². The Balaban J connectivity index is 2.22. The van der Waals surface area contributed by atoms with Crippen LogP contribution in [0.25, 0.3) is 5.69 Å². The summed E-state index contributed by atoms with van der Waals surface area (Å²) in [6.45, 7) is 5.64. The second-order valence-corrected chi connectivity index (χ2v) is 4.71. The highest BCUT2D eigenvalue weighted by Gasteiger charge is 2.10. The van der Waals surface area contributed by atoms with E-state index in [1.165, 1.54) is 6.07 Å². The van der Waals surface area contributed by atoms with E-state index in [2.05, 4.69) is 24.3 Å². The fraction of sp³-hybridized carbons (Fsp3) is 0.357. The van der Waals surface area contributed by atoms with Gasteiger partial charge in [0, 0.05) is 24.5 Å². The summed E-state index contributed by atoms with van der Waals surface area (Å²) < 4.78 is 15.6. The van der Waals surface area contributed by atoms with Crippen molar-refractivity contribution in [1.29, 1.82) is 0 Å². The van der Waals surface area contributed by atoms with Crippen LogP contribution in [0.15, 0.2) is 36.7 Å². The molecule has 0 aliphatic heterocycles. The van der Waals surface area contributed by atoms with Crippen LogP contribution in [0.4, 0.5) is 4.39 Å². The van der Waals surface area contributed by atoms with Gasteiger partial charge in [0.2, 0.25) is 0 Å². The fourth-order valence-electron chi connectivity index (χ4n) is 1.83. The number of rotatable bonds is 5. The van der Waals surface area contributed by atoms with Crippen LogP contribution in [0, 0.1) is 11.7 Å². The number of benzene rings is 1. The van der Waals surface area contributed by atoms with Crippen molar-refractivity contribution in [2.75, 3.05) is 6.54 Å². The van der Waals surface area contributed by atoms with Crippen LogP contribution in [-0.4, -0.2) is 16.3 Å². The highest BCUT2D eigenvalue weighted by Crippen LogP contribution is 2.17. The number of hydrogen-bond acceptors (Lipinski definition) is 2. The number of aromatic nitrogens is 2. The Bertz CT molecular complexity index is 492. The van der Waals surface area contributed by atoms with Gasteiger partial charge in [0.05, 0.1) is 5.69 Å². The molecule has 0 saturated carbocycles. The SMILES string of the molecule is CC(C)CNCc1c(F)cccc1-n1cccn1. The molecule has 3 nitrogen and oxygen atoms in total. The molecule has 0 bridgehead atoms. The number of hydrogen-bond donors (Lipinski definition) is 1. The van der Waals surface area contributed by atoms with Gasteiger partial charge in [0.1, 0.15) is 5.82 Å². The molecule has 0 amide bonds. The number of halogens is 1. The van der Waals surface area contributed by atoms with Gasteiger partial charge in [0.15, 0.2) is 0 Å². The minimum absolute atomic E-state index is 0.195. The molecule has 2 aromatic rings. The van der Waals surface area contributed by atoms with Crippen LogP contribution < -0.4 is 5.32 Å². The Morgan fingerprint density at radius 2 is 2.17 bits per heavy atom. The third-order valence-corrected chi connectivity index (χ3v) is 2.70. The van der Waals surface area contributed by atoms with Gasteiger partial charge < -0.3 is 5.32 Å². The Morgan fingerprint density at radius 3 is 2.83 bits per heavy atom. The molecule has 0 aliphatic rings. The Kier molecular flexibility index (Phi) is 4.10. The van der Waals surface area contributed by atoms with E-state index in [1.54, 1.807) is 16.9 Å². The molecule has 0 atom stereocenters. The van der Waals surface area contributed by atoms with E-state index in [-0.39, 0.29) is 5.82 Å². The molecule has 0 spiro atoms. The van der Waals surface area contributed by atoms with Gasteiger partial charge in [-0.1, -0.05) is 19.9 Å². The first-order valence-corrected chi connectivity index (χ1v) is 6.16. The zero-order valence-corrected chi connectivity index (χ0v) is 10.7. The molecule has 4 heteroatoms. The standard InChI is InChI=1S/C14H18FN3/c1-11(2)9-16-10-12-13(15)5-3-6-14(12)18-8-4-7-17-18/h3-8,11,16H,9-10H2,1-2H3. The number of nitrogens with one attached hydrogen (secondary N) is 1. The zero-order valence-electron chi connectivity index (χ0n) is 10.7. The zero-order chi connectivity index (χ0) is 13.0. The molecule has 0 saturated heterocycles. The molecular weight excluding hydrogens is 229 g/mol. The Hall–Kier alpha value is -1.68. The molecule has 0 fully saturated rings. The van der Waals surface area contributed by atoms with Gasteiger partial charge in [-0.2, -0.15) is 5.10 Å².